The minimum absolute atomic E-state index is 0.147. The molecule has 4 nitrogen and oxygen atoms in total. The number of nitrogens with zero attached hydrogens (tertiary/aromatic N) is 1. The van der Waals surface area contributed by atoms with Crippen LogP contribution in [-0.2, 0) is 0 Å². The molecule has 1 aliphatic heterocycles. The van der Waals surface area contributed by atoms with Gasteiger partial charge in [-0.05, 0) is 24.3 Å². The number of para-hydroxylation sites is 1. The quantitative estimate of drug-likeness (QED) is 0.486. The van der Waals surface area contributed by atoms with E-state index in [0.717, 1.165) is 39.0 Å². The van der Waals surface area contributed by atoms with E-state index < -0.39 is 0 Å². The van der Waals surface area contributed by atoms with Crippen LogP contribution in [0.5, 0.6) is 5.75 Å². The molecule has 4 heteroatoms. The van der Waals surface area contributed by atoms with E-state index in [1.807, 2.05) is 48.8 Å². The molecule has 3 heterocycles. The number of anilines is 1. The van der Waals surface area contributed by atoms with Crippen molar-refractivity contribution in [2.75, 3.05) is 5.32 Å². The lowest BCUT2D eigenvalue weighted by molar-refractivity contribution is 0.466. The average Bonchev–Trinajstić information content (AvgIpc) is 2.98. The van der Waals surface area contributed by atoms with Crippen molar-refractivity contribution < 1.29 is 5.11 Å². The Kier molecular flexibility index (Phi) is 2.67. The normalized spacial score (nSPS) is 15.6. The van der Waals surface area contributed by atoms with E-state index in [0.29, 0.717) is 0 Å². The molecule has 2 aromatic carbocycles. The molecule has 0 amide bonds. The number of aromatic hydroxyl groups is 1. The number of nitrogens with one attached hydrogen (secondary N) is 2. The van der Waals surface area contributed by atoms with Gasteiger partial charge in [0.15, 0.2) is 0 Å². The van der Waals surface area contributed by atoms with Crippen LogP contribution in [0.15, 0.2) is 67.0 Å². The zero-order chi connectivity index (χ0) is 16.1. The fourth-order valence-electron chi connectivity index (χ4n) is 3.58. The molecule has 1 unspecified atom stereocenters. The Morgan fingerprint density at radius 1 is 0.917 bits per heavy atom. The van der Waals surface area contributed by atoms with Crippen molar-refractivity contribution in [1.82, 2.24) is 9.97 Å². The summed E-state index contributed by atoms with van der Waals surface area (Å²) in [6.45, 7) is 0. The first kappa shape index (κ1) is 13.2. The summed E-state index contributed by atoms with van der Waals surface area (Å²) in [5.41, 5.74) is 6.04. The van der Waals surface area contributed by atoms with Crippen molar-refractivity contribution in [2.45, 2.75) is 6.04 Å². The number of H-pyrrole nitrogens is 1. The molecule has 0 fully saturated rings. The molecule has 5 rings (SSSR count). The molecule has 1 aliphatic rings. The van der Waals surface area contributed by atoms with Crippen molar-refractivity contribution in [3.05, 3.63) is 78.1 Å². The molecule has 0 spiro atoms. The molecule has 24 heavy (non-hydrogen) atoms. The van der Waals surface area contributed by atoms with Gasteiger partial charge < -0.3 is 15.4 Å². The molecule has 3 N–H and O–H groups in total. The van der Waals surface area contributed by atoms with Crippen LogP contribution in [0.2, 0.25) is 0 Å². The summed E-state index contributed by atoms with van der Waals surface area (Å²) in [5.74, 6) is 0.286. The Morgan fingerprint density at radius 3 is 2.75 bits per heavy atom. The average molecular weight is 313 g/mol. The third kappa shape index (κ3) is 1.77. The van der Waals surface area contributed by atoms with Gasteiger partial charge in [0.2, 0.25) is 0 Å². The van der Waals surface area contributed by atoms with Crippen molar-refractivity contribution in [3.8, 4) is 17.0 Å². The van der Waals surface area contributed by atoms with Gasteiger partial charge in [0, 0.05) is 40.0 Å². The lowest BCUT2D eigenvalue weighted by Gasteiger charge is -2.20. The second-order valence-corrected chi connectivity index (χ2v) is 6.01. The van der Waals surface area contributed by atoms with Crippen molar-refractivity contribution in [3.63, 3.8) is 0 Å². The third-order valence-corrected chi connectivity index (χ3v) is 4.66. The van der Waals surface area contributed by atoms with E-state index in [1.165, 1.54) is 0 Å². The van der Waals surface area contributed by atoms with E-state index in [9.17, 15) is 5.11 Å². The summed E-state index contributed by atoms with van der Waals surface area (Å²) in [6, 6.07) is 17.5. The Hall–Kier alpha value is -3.27. The monoisotopic (exact) mass is 313 g/mol. The van der Waals surface area contributed by atoms with Crippen molar-refractivity contribution in [1.29, 1.82) is 0 Å². The molecular formula is C20H15N3O. The second kappa shape index (κ2) is 4.86. The molecular weight excluding hydrogens is 298 g/mol. The van der Waals surface area contributed by atoms with Gasteiger partial charge in [0.25, 0.3) is 0 Å². The number of rotatable bonds is 1. The lowest BCUT2D eigenvalue weighted by atomic mass is 9.96. The van der Waals surface area contributed by atoms with Crippen LogP contribution in [0.25, 0.3) is 22.2 Å². The molecule has 0 aliphatic carbocycles. The Morgan fingerprint density at radius 2 is 1.83 bits per heavy atom. The molecule has 116 valence electrons. The number of fused-ring (bicyclic) bond motifs is 2. The second-order valence-electron chi connectivity index (χ2n) is 6.01. The number of phenols is 1. The zero-order valence-corrected chi connectivity index (χ0v) is 12.8. The van der Waals surface area contributed by atoms with E-state index >= 15 is 0 Å². The molecule has 0 radical (unpaired) electrons. The van der Waals surface area contributed by atoms with Crippen LogP contribution >= 0.6 is 0 Å². The highest BCUT2D eigenvalue weighted by molar-refractivity contribution is 6.01. The van der Waals surface area contributed by atoms with Crippen LogP contribution in [0.4, 0.5) is 5.69 Å². The highest BCUT2D eigenvalue weighted by Crippen LogP contribution is 2.44. The fraction of sp³-hybridized carbons (Fsp3) is 0.0500. The van der Waals surface area contributed by atoms with E-state index in [1.54, 1.807) is 6.07 Å². The largest absolute Gasteiger partial charge is 0.508 e. The van der Waals surface area contributed by atoms with Crippen LogP contribution in [0.3, 0.4) is 0 Å². The molecule has 2 aromatic heterocycles. The number of benzene rings is 2. The Balaban J connectivity index is 1.87. The van der Waals surface area contributed by atoms with Gasteiger partial charge >= 0.3 is 0 Å². The van der Waals surface area contributed by atoms with Gasteiger partial charge in [-0.25, -0.2) is 0 Å². The number of hydrogen-bond acceptors (Lipinski definition) is 3. The summed E-state index contributed by atoms with van der Waals surface area (Å²) < 4.78 is 0. The van der Waals surface area contributed by atoms with E-state index in [4.69, 9.17) is 0 Å². The molecule has 0 saturated carbocycles. The topological polar surface area (TPSA) is 60.9 Å². The van der Waals surface area contributed by atoms with Gasteiger partial charge in [-0.2, -0.15) is 0 Å². The zero-order valence-electron chi connectivity index (χ0n) is 12.8. The minimum atomic E-state index is -0.147. The number of aromatic nitrogens is 2. The first-order valence-electron chi connectivity index (χ1n) is 7.93. The summed E-state index contributed by atoms with van der Waals surface area (Å²) in [7, 11) is 0. The van der Waals surface area contributed by atoms with Crippen LogP contribution < -0.4 is 5.32 Å². The summed E-state index contributed by atoms with van der Waals surface area (Å²) >= 11 is 0. The Labute approximate surface area is 138 Å². The molecule has 4 aromatic rings. The maximum atomic E-state index is 10.4. The van der Waals surface area contributed by atoms with Gasteiger partial charge in [0.1, 0.15) is 5.75 Å². The molecule has 0 bridgehead atoms. The minimum Gasteiger partial charge on any atom is -0.508 e. The lowest BCUT2D eigenvalue weighted by Crippen LogP contribution is -2.11. The van der Waals surface area contributed by atoms with Gasteiger partial charge in [-0.1, -0.05) is 30.3 Å². The number of aromatic amines is 1. The predicted molar refractivity (Wildman–Crippen MR) is 95.1 cm³/mol. The highest BCUT2D eigenvalue weighted by atomic mass is 16.3. The maximum Gasteiger partial charge on any atom is 0.121 e. The number of pyridine rings is 1. The highest BCUT2D eigenvalue weighted by Gasteiger charge is 2.27. The van der Waals surface area contributed by atoms with Gasteiger partial charge in [0.05, 0.1) is 17.4 Å². The van der Waals surface area contributed by atoms with Crippen LogP contribution in [0, 0.1) is 0 Å². The SMILES string of the molecule is Oc1ccccc1C1Nc2cccnc2-c2cccc3[nH]cc1c23. The smallest absolute Gasteiger partial charge is 0.121 e. The van der Waals surface area contributed by atoms with Crippen LogP contribution in [0.1, 0.15) is 17.2 Å². The third-order valence-electron chi connectivity index (χ3n) is 4.66. The summed E-state index contributed by atoms with van der Waals surface area (Å²) in [5, 5.41) is 15.1. The van der Waals surface area contributed by atoms with Gasteiger partial charge in [-0.15, -0.1) is 0 Å². The Bertz CT molecular complexity index is 1070. The first-order chi connectivity index (χ1) is 11.8. The standard InChI is InChI=1S/C20H15N3O/c24-17-9-2-1-5-12(17)19-14-11-22-15-7-3-6-13(18(14)15)20-16(23-19)8-4-10-21-20/h1-11,19,22-24H. The summed E-state index contributed by atoms with van der Waals surface area (Å²) in [4.78, 5) is 7.94. The van der Waals surface area contributed by atoms with Gasteiger partial charge in [-0.3, -0.25) is 4.98 Å². The molecule has 0 saturated heterocycles. The number of phenolic OH excluding ortho intramolecular Hbond substituents is 1. The maximum absolute atomic E-state index is 10.4. The van der Waals surface area contributed by atoms with Crippen LogP contribution in [-0.4, -0.2) is 15.1 Å². The van der Waals surface area contributed by atoms with E-state index in [2.05, 4.69) is 27.4 Å². The van der Waals surface area contributed by atoms with E-state index in [-0.39, 0.29) is 11.8 Å². The first-order valence-corrected chi connectivity index (χ1v) is 7.93. The fourth-order valence-corrected chi connectivity index (χ4v) is 3.58. The number of hydrogen-bond donors (Lipinski definition) is 3. The molecule has 1 atom stereocenters. The predicted octanol–water partition coefficient (Wildman–Crippen LogP) is 4.45. The van der Waals surface area contributed by atoms with Crippen molar-refractivity contribution >= 4 is 16.6 Å². The van der Waals surface area contributed by atoms with Crippen molar-refractivity contribution in [2.24, 2.45) is 0 Å². The summed E-state index contributed by atoms with van der Waals surface area (Å²) in [6.07, 6.45) is 3.83.